The molecule has 1 N–H and O–H groups in total. The summed E-state index contributed by atoms with van der Waals surface area (Å²) >= 11 is 0. The van der Waals surface area contributed by atoms with E-state index in [1.165, 1.54) is 33.9 Å². The van der Waals surface area contributed by atoms with Gasteiger partial charge < -0.3 is 15.0 Å². The molecular formula is C24H32FN5O5S. The maximum Gasteiger partial charge on any atom is 0.282 e. The number of nitriles is 1. The Kier molecular flexibility index (Phi) is 7.82. The van der Waals surface area contributed by atoms with E-state index in [1.807, 2.05) is 0 Å². The Bertz CT molecular complexity index is 1150. The van der Waals surface area contributed by atoms with Gasteiger partial charge in [0.15, 0.2) is 0 Å². The summed E-state index contributed by atoms with van der Waals surface area (Å²) in [4.78, 5) is 28.1. The first-order valence-corrected chi connectivity index (χ1v) is 13.6. The fourth-order valence-electron chi connectivity index (χ4n) is 5.19. The molecule has 0 bridgehead atoms. The number of methoxy groups -OCH3 is 1. The Morgan fingerprint density at radius 2 is 1.89 bits per heavy atom. The van der Waals surface area contributed by atoms with Gasteiger partial charge in [-0.3, -0.25) is 9.59 Å². The van der Waals surface area contributed by atoms with Gasteiger partial charge in [0.05, 0.1) is 31.1 Å². The molecule has 2 unspecified atom stereocenters. The summed E-state index contributed by atoms with van der Waals surface area (Å²) in [5.74, 6) is -1.36. The first-order chi connectivity index (χ1) is 17.1. The molecule has 10 nitrogen and oxygen atoms in total. The van der Waals surface area contributed by atoms with E-state index < -0.39 is 34.0 Å². The van der Waals surface area contributed by atoms with Crippen molar-refractivity contribution in [2.24, 2.45) is 11.8 Å². The zero-order valence-electron chi connectivity index (χ0n) is 20.5. The first kappa shape index (κ1) is 26.3. The topological polar surface area (TPSA) is 123 Å². The highest BCUT2D eigenvalue weighted by Crippen LogP contribution is 2.30. The molecule has 3 aliphatic heterocycles. The molecule has 196 valence electrons. The smallest absolute Gasteiger partial charge is 0.282 e. The largest absolute Gasteiger partial charge is 0.496 e. The summed E-state index contributed by atoms with van der Waals surface area (Å²) in [5, 5.41) is 11.8. The minimum absolute atomic E-state index is 0.0661. The third-order valence-corrected chi connectivity index (χ3v) is 9.21. The molecule has 36 heavy (non-hydrogen) atoms. The van der Waals surface area contributed by atoms with E-state index in [9.17, 15) is 22.4 Å². The highest BCUT2D eigenvalue weighted by atomic mass is 32.2. The molecule has 3 saturated heterocycles. The van der Waals surface area contributed by atoms with Crippen LogP contribution < -0.4 is 10.1 Å². The van der Waals surface area contributed by atoms with Crippen molar-refractivity contribution in [3.63, 3.8) is 0 Å². The number of nitrogens with one attached hydrogen (secondary N) is 1. The molecule has 0 aromatic heterocycles. The monoisotopic (exact) mass is 521 g/mol. The van der Waals surface area contributed by atoms with Gasteiger partial charge in [-0.25, -0.2) is 4.39 Å². The number of carbonyl (C=O) groups excluding carboxylic acids is 2. The Balaban J connectivity index is 1.40. The molecule has 0 saturated carbocycles. The lowest BCUT2D eigenvalue weighted by molar-refractivity contribution is -0.142. The van der Waals surface area contributed by atoms with Crippen LogP contribution in [-0.2, 0) is 19.8 Å². The number of rotatable bonds is 7. The predicted octanol–water partition coefficient (Wildman–Crippen LogP) is 1.41. The summed E-state index contributed by atoms with van der Waals surface area (Å²) < 4.78 is 47.6. The van der Waals surface area contributed by atoms with Gasteiger partial charge in [0, 0.05) is 38.3 Å². The number of halogens is 1. The maximum absolute atomic E-state index is 13.8. The molecule has 3 atom stereocenters. The van der Waals surface area contributed by atoms with Crippen LogP contribution in [0, 0.1) is 29.0 Å². The van der Waals surface area contributed by atoms with Crippen LogP contribution in [0.1, 0.15) is 44.2 Å². The third-order valence-electron chi connectivity index (χ3n) is 7.27. The lowest BCUT2D eigenvalue weighted by atomic mass is 9.97. The fraction of sp³-hybridized carbons (Fsp3) is 0.625. The van der Waals surface area contributed by atoms with Gasteiger partial charge in [-0.05, 0) is 50.8 Å². The van der Waals surface area contributed by atoms with Gasteiger partial charge in [-0.15, -0.1) is 0 Å². The van der Waals surface area contributed by atoms with E-state index in [-0.39, 0.29) is 37.4 Å². The van der Waals surface area contributed by atoms with Crippen molar-refractivity contribution in [2.45, 2.75) is 44.7 Å². The zero-order valence-corrected chi connectivity index (χ0v) is 21.3. The van der Waals surface area contributed by atoms with Crippen molar-refractivity contribution in [1.29, 1.82) is 5.26 Å². The molecule has 0 aliphatic carbocycles. The number of piperidine rings is 1. The van der Waals surface area contributed by atoms with Crippen molar-refractivity contribution < 1.29 is 27.1 Å². The number of hydrogen-bond acceptors (Lipinski definition) is 6. The second kappa shape index (κ2) is 10.7. The van der Waals surface area contributed by atoms with Crippen molar-refractivity contribution in [3.8, 4) is 11.8 Å². The molecular weight excluding hydrogens is 489 g/mol. The molecule has 1 aromatic rings. The van der Waals surface area contributed by atoms with Gasteiger partial charge in [-0.2, -0.15) is 22.3 Å². The Hall–Kier alpha value is -2.75. The Morgan fingerprint density at radius 1 is 1.17 bits per heavy atom. The normalized spacial score (nSPS) is 24.6. The van der Waals surface area contributed by atoms with Gasteiger partial charge in [0.1, 0.15) is 17.6 Å². The van der Waals surface area contributed by atoms with Crippen LogP contribution in [0.25, 0.3) is 0 Å². The molecule has 0 radical (unpaired) electrons. The van der Waals surface area contributed by atoms with Crippen LogP contribution in [0.4, 0.5) is 4.39 Å². The van der Waals surface area contributed by atoms with E-state index in [0.29, 0.717) is 50.1 Å². The van der Waals surface area contributed by atoms with Gasteiger partial charge in [-0.1, -0.05) is 0 Å². The van der Waals surface area contributed by atoms with Crippen molar-refractivity contribution in [3.05, 3.63) is 29.6 Å². The standard InChI is InChI=1S/C24H32FN5O5S/c1-16(20-11-19(25)7-8-22(20)35-2)27-23(31)21-6-4-10-30(21)24(32)18-5-3-9-28(15-18)36(33,34)29-13-17(12-26)14-29/h7-8,11,16-18,21H,3-6,9-10,13-15H2,1-2H3,(H,27,31)/t16?,18?,21-/m1/s1. The lowest BCUT2D eigenvalue weighted by Crippen LogP contribution is -2.57. The minimum Gasteiger partial charge on any atom is -0.496 e. The molecule has 12 heteroatoms. The zero-order chi connectivity index (χ0) is 26.0. The Morgan fingerprint density at radius 3 is 2.58 bits per heavy atom. The fourth-order valence-corrected chi connectivity index (χ4v) is 6.98. The van der Waals surface area contributed by atoms with Gasteiger partial charge >= 0.3 is 0 Å². The number of benzene rings is 1. The highest BCUT2D eigenvalue weighted by molar-refractivity contribution is 7.86. The molecule has 0 spiro atoms. The SMILES string of the molecule is COc1ccc(F)cc1C(C)NC(=O)[C@H]1CCCN1C(=O)C1CCCN(S(=O)(=O)N2CC(C#N)C2)C1. The van der Waals surface area contributed by atoms with E-state index >= 15 is 0 Å². The van der Waals surface area contributed by atoms with E-state index in [1.54, 1.807) is 11.8 Å². The van der Waals surface area contributed by atoms with Gasteiger partial charge in [0.2, 0.25) is 11.8 Å². The van der Waals surface area contributed by atoms with Crippen LogP contribution in [0.2, 0.25) is 0 Å². The summed E-state index contributed by atoms with van der Waals surface area (Å²) in [5.41, 5.74) is 0.500. The average molecular weight is 522 g/mol. The number of likely N-dealkylation sites (tertiary alicyclic amines) is 1. The second-order valence-electron chi connectivity index (χ2n) is 9.65. The van der Waals surface area contributed by atoms with Crippen molar-refractivity contribution >= 4 is 22.0 Å². The van der Waals surface area contributed by atoms with Crippen LogP contribution in [0.15, 0.2) is 18.2 Å². The summed E-state index contributed by atoms with van der Waals surface area (Å²) in [6, 6.07) is 4.96. The molecule has 1 aromatic carbocycles. The average Bonchev–Trinajstić information content (AvgIpc) is 3.33. The molecule has 3 aliphatic rings. The third kappa shape index (κ3) is 5.19. The molecule has 3 heterocycles. The number of ether oxygens (including phenoxy) is 1. The maximum atomic E-state index is 13.8. The first-order valence-electron chi connectivity index (χ1n) is 12.2. The molecule has 3 fully saturated rings. The van der Waals surface area contributed by atoms with Crippen LogP contribution >= 0.6 is 0 Å². The number of amides is 2. The van der Waals surface area contributed by atoms with Crippen molar-refractivity contribution in [2.75, 3.05) is 39.8 Å². The summed E-state index contributed by atoms with van der Waals surface area (Å²) in [6.07, 6.45) is 2.27. The number of nitrogens with zero attached hydrogens (tertiary/aromatic N) is 4. The van der Waals surface area contributed by atoms with E-state index in [4.69, 9.17) is 10.00 Å². The van der Waals surface area contributed by atoms with Crippen molar-refractivity contribution in [1.82, 2.24) is 18.8 Å². The lowest BCUT2D eigenvalue weighted by Gasteiger charge is -2.41. The van der Waals surface area contributed by atoms with Crippen LogP contribution in [0.3, 0.4) is 0 Å². The minimum atomic E-state index is -3.72. The Labute approximate surface area is 211 Å². The molecule has 2 amide bonds. The summed E-state index contributed by atoms with van der Waals surface area (Å²) in [7, 11) is -2.25. The van der Waals surface area contributed by atoms with E-state index in [2.05, 4.69) is 11.4 Å². The number of carbonyl (C=O) groups is 2. The number of hydrogen-bond donors (Lipinski definition) is 1. The predicted molar refractivity (Wildman–Crippen MR) is 128 cm³/mol. The van der Waals surface area contributed by atoms with Gasteiger partial charge in [0.25, 0.3) is 10.2 Å². The highest BCUT2D eigenvalue weighted by Gasteiger charge is 2.44. The van der Waals surface area contributed by atoms with Crippen LogP contribution in [0.5, 0.6) is 5.75 Å². The second-order valence-corrected chi connectivity index (χ2v) is 11.6. The molecule has 4 rings (SSSR count). The van der Waals surface area contributed by atoms with E-state index in [0.717, 1.165) is 0 Å². The quantitative estimate of drug-likeness (QED) is 0.579. The summed E-state index contributed by atoms with van der Waals surface area (Å²) in [6.45, 7) is 2.90. The van der Waals surface area contributed by atoms with Crippen LogP contribution in [-0.4, -0.2) is 79.6 Å².